The van der Waals surface area contributed by atoms with E-state index >= 15 is 0 Å². The Kier molecular flexibility index (Phi) is 6.05. The SMILES string of the molecule is CCCc1nc2ccccc2n1CC(O)COCC1CC=CCC1. The van der Waals surface area contributed by atoms with E-state index in [1.807, 2.05) is 18.2 Å². The van der Waals surface area contributed by atoms with Gasteiger partial charge in [-0.25, -0.2) is 4.98 Å². The molecule has 2 aromatic rings. The highest BCUT2D eigenvalue weighted by Crippen LogP contribution is 2.19. The van der Waals surface area contributed by atoms with Crippen LogP contribution in [0.2, 0.25) is 0 Å². The number of nitrogens with zero attached hydrogens (tertiary/aromatic N) is 2. The number of imidazole rings is 1. The van der Waals surface area contributed by atoms with E-state index in [2.05, 4.69) is 29.7 Å². The van der Waals surface area contributed by atoms with Crippen LogP contribution in [0.25, 0.3) is 11.0 Å². The van der Waals surface area contributed by atoms with Gasteiger partial charge in [-0.15, -0.1) is 0 Å². The molecule has 1 aromatic carbocycles. The number of hydrogen-bond donors (Lipinski definition) is 1. The molecule has 1 aliphatic rings. The molecular formula is C20H28N2O2. The predicted molar refractivity (Wildman–Crippen MR) is 97.0 cm³/mol. The number of aliphatic hydroxyl groups is 1. The van der Waals surface area contributed by atoms with Gasteiger partial charge in [-0.3, -0.25) is 0 Å². The molecule has 0 aliphatic heterocycles. The molecule has 2 atom stereocenters. The molecule has 1 aromatic heterocycles. The monoisotopic (exact) mass is 328 g/mol. The van der Waals surface area contributed by atoms with Crippen LogP contribution in [0.15, 0.2) is 36.4 Å². The maximum Gasteiger partial charge on any atom is 0.109 e. The van der Waals surface area contributed by atoms with Crippen LogP contribution < -0.4 is 0 Å². The van der Waals surface area contributed by atoms with Crippen LogP contribution in [-0.2, 0) is 17.7 Å². The molecule has 4 heteroatoms. The van der Waals surface area contributed by atoms with Crippen LogP contribution in [0.3, 0.4) is 0 Å². The van der Waals surface area contributed by atoms with Crippen LogP contribution in [0.1, 0.15) is 38.4 Å². The van der Waals surface area contributed by atoms with Gasteiger partial charge in [-0.2, -0.15) is 0 Å². The Morgan fingerprint density at radius 2 is 2.21 bits per heavy atom. The summed E-state index contributed by atoms with van der Waals surface area (Å²) in [5.41, 5.74) is 2.10. The van der Waals surface area contributed by atoms with Crippen LogP contribution in [0, 0.1) is 5.92 Å². The molecule has 24 heavy (non-hydrogen) atoms. The van der Waals surface area contributed by atoms with Crippen molar-refractivity contribution >= 4 is 11.0 Å². The highest BCUT2D eigenvalue weighted by molar-refractivity contribution is 5.75. The molecule has 0 spiro atoms. The van der Waals surface area contributed by atoms with Crippen LogP contribution in [0.4, 0.5) is 0 Å². The van der Waals surface area contributed by atoms with Gasteiger partial charge in [-0.05, 0) is 43.7 Å². The third-order valence-electron chi connectivity index (χ3n) is 4.64. The lowest BCUT2D eigenvalue weighted by Crippen LogP contribution is -2.24. The molecule has 0 saturated heterocycles. The van der Waals surface area contributed by atoms with Crippen molar-refractivity contribution in [2.75, 3.05) is 13.2 Å². The number of allylic oxidation sites excluding steroid dienone is 2. The Labute approximate surface area is 144 Å². The Balaban J connectivity index is 1.59. The lowest BCUT2D eigenvalue weighted by Gasteiger charge is -2.19. The number of benzene rings is 1. The third-order valence-corrected chi connectivity index (χ3v) is 4.64. The summed E-state index contributed by atoms with van der Waals surface area (Å²) in [6.07, 6.45) is 9.40. The minimum Gasteiger partial charge on any atom is -0.389 e. The summed E-state index contributed by atoms with van der Waals surface area (Å²) in [7, 11) is 0. The lowest BCUT2D eigenvalue weighted by atomic mass is 9.95. The zero-order valence-electron chi connectivity index (χ0n) is 14.5. The van der Waals surface area contributed by atoms with Gasteiger partial charge in [0.05, 0.1) is 30.3 Å². The predicted octanol–water partition coefficient (Wildman–Crippen LogP) is 3.72. The summed E-state index contributed by atoms with van der Waals surface area (Å²) in [5.74, 6) is 1.65. The summed E-state index contributed by atoms with van der Waals surface area (Å²) in [4.78, 5) is 4.71. The summed E-state index contributed by atoms with van der Waals surface area (Å²) >= 11 is 0. The quantitative estimate of drug-likeness (QED) is 0.751. The van der Waals surface area contributed by atoms with Crippen molar-refractivity contribution in [2.24, 2.45) is 5.92 Å². The average Bonchev–Trinajstić information content (AvgIpc) is 2.94. The van der Waals surface area contributed by atoms with Gasteiger partial charge in [0.1, 0.15) is 5.82 Å². The number of aromatic nitrogens is 2. The number of rotatable bonds is 8. The van der Waals surface area contributed by atoms with Crippen molar-refractivity contribution in [2.45, 2.75) is 51.7 Å². The van der Waals surface area contributed by atoms with Crippen molar-refractivity contribution in [3.05, 3.63) is 42.2 Å². The van der Waals surface area contributed by atoms with E-state index in [0.29, 0.717) is 19.1 Å². The molecular weight excluding hydrogens is 300 g/mol. The first kappa shape index (κ1) is 17.2. The van der Waals surface area contributed by atoms with Crippen molar-refractivity contribution in [1.82, 2.24) is 9.55 Å². The largest absolute Gasteiger partial charge is 0.389 e. The van der Waals surface area contributed by atoms with E-state index in [-0.39, 0.29) is 0 Å². The smallest absolute Gasteiger partial charge is 0.109 e. The van der Waals surface area contributed by atoms with E-state index in [1.165, 1.54) is 6.42 Å². The summed E-state index contributed by atoms with van der Waals surface area (Å²) < 4.78 is 7.93. The average molecular weight is 328 g/mol. The lowest BCUT2D eigenvalue weighted by molar-refractivity contribution is 0.0128. The van der Waals surface area contributed by atoms with Gasteiger partial charge in [0.2, 0.25) is 0 Å². The number of fused-ring (bicyclic) bond motifs is 1. The van der Waals surface area contributed by atoms with Gasteiger partial charge in [0.25, 0.3) is 0 Å². The molecule has 0 radical (unpaired) electrons. The zero-order valence-corrected chi connectivity index (χ0v) is 14.5. The fourth-order valence-corrected chi connectivity index (χ4v) is 3.39. The normalized spacial score (nSPS) is 19.0. The third kappa shape index (κ3) is 4.25. The van der Waals surface area contributed by atoms with Crippen LogP contribution >= 0.6 is 0 Å². The molecule has 0 fully saturated rings. The Morgan fingerprint density at radius 3 is 3.00 bits per heavy atom. The molecule has 1 heterocycles. The first-order valence-electron chi connectivity index (χ1n) is 9.13. The van der Waals surface area contributed by atoms with Crippen molar-refractivity contribution in [3.63, 3.8) is 0 Å². The number of aliphatic hydroxyl groups excluding tert-OH is 1. The van der Waals surface area contributed by atoms with E-state index in [4.69, 9.17) is 9.72 Å². The topological polar surface area (TPSA) is 47.3 Å². The second-order valence-corrected chi connectivity index (χ2v) is 6.72. The highest BCUT2D eigenvalue weighted by atomic mass is 16.5. The fraction of sp³-hybridized carbons (Fsp3) is 0.550. The van der Waals surface area contributed by atoms with E-state index in [9.17, 15) is 5.11 Å². The first-order chi connectivity index (χ1) is 11.8. The first-order valence-corrected chi connectivity index (χ1v) is 9.13. The molecule has 2 unspecified atom stereocenters. The van der Waals surface area contributed by atoms with E-state index in [1.54, 1.807) is 0 Å². The molecule has 3 rings (SSSR count). The molecule has 1 aliphatic carbocycles. The summed E-state index contributed by atoms with van der Waals surface area (Å²) in [6, 6.07) is 8.14. The standard InChI is InChI=1S/C20H28N2O2/c1-2-8-20-21-18-11-6-7-12-19(18)22(20)13-17(23)15-24-14-16-9-4-3-5-10-16/h3-4,6-7,11-12,16-17,23H,2,5,8-10,13-15H2,1H3. The minimum atomic E-state index is -0.502. The molecule has 1 N–H and O–H groups in total. The summed E-state index contributed by atoms with van der Waals surface area (Å²) in [5, 5.41) is 10.4. The second-order valence-electron chi connectivity index (χ2n) is 6.72. The number of ether oxygens (including phenoxy) is 1. The van der Waals surface area contributed by atoms with Crippen molar-refractivity contribution < 1.29 is 9.84 Å². The van der Waals surface area contributed by atoms with Crippen LogP contribution in [-0.4, -0.2) is 34.0 Å². The minimum absolute atomic E-state index is 0.387. The van der Waals surface area contributed by atoms with Crippen molar-refractivity contribution in [3.8, 4) is 0 Å². The van der Waals surface area contributed by atoms with Crippen molar-refractivity contribution in [1.29, 1.82) is 0 Å². The van der Waals surface area contributed by atoms with E-state index < -0.39 is 6.10 Å². The Hall–Kier alpha value is -1.65. The number of hydrogen-bond acceptors (Lipinski definition) is 3. The van der Waals surface area contributed by atoms with Crippen LogP contribution in [0.5, 0.6) is 0 Å². The Morgan fingerprint density at radius 1 is 1.33 bits per heavy atom. The van der Waals surface area contributed by atoms with Gasteiger partial charge in [0, 0.05) is 13.0 Å². The number of para-hydroxylation sites is 2. The van der Waals surface area contributed by atoms with Gasteiger partial charge >= 0.3 is 0 Å². The van der Waals surface area contributed by atoms with E-state index in [0.717, 1.165) is 49.1 Å². The molecule has 130 valence electrons. The maximum absolute atomic E-state index is 10.4. The van der Waals surface area contributed by atoms with Gasteiger partial charge < -0.3 is 14.4 Å². The van der Waals surface area contributed by atoms with Gasteiger partial charge in [0.15, 0.2) is 0 Å². The molecule has 0 amide bonds. The zero-order chi connectivity index (χ0) is 16.8. The molecule has 0 saturated carbocycles. The molecule has 4 nitrogen and oxygen atoms in total. The maximum atomic E-state index is 10.4. The fourth-order valence-electron chi connectivity index (χ4n) is 3.39. The Bertz CT molecular complexity index is 677. The molecule has 0 bridgehead atoms. The summed E-state index contributed by atoms with van der Waals surface area (Å²) in [6.45, 7) is 3.83. The number of aryl methyl sites for hydroxylation is 1. The highest BCUT2D eigenvalue weighted by Gasteiger charge is 2.15. The van der Waals surface area contributed by atoms with Gasteiger partial charge in [-0.1, -0.05) is 31.2 Å². The second kappa shape index (κ2) is 8.45.